The van der Waals surface area contributed by atoms with Gasteiger partial charge in [-0.15, -0.1) is 0 Å². The molecule has 2 aromatic rings. The minimum atomic E-state index is 0.207. The highest BCUT2D eigenvalue weighted by molar-refractivity contribution is 9.10. The van der Waals surface area contributed by atoms with Gasteiger partial charge < -0.3 is 15.0 Å². The second-order valence-corrected chi connectivity index (χ2v) is 6.30. The maximum atomic E-state index is 6.23. The lowest BCUT2D eigenvalue weighted by Crippen LogP contribution is -2.11. The molecule has 4 heteroatoms. The molecule has 0 saturated heterocycles. The fourth-order valence-corrected chi connectivity index (χ4v) is 3.09. The Morgan fingerprint density at radius 2 is 2.20 bits per heavy atom. The zero-order chi connectivity index (χ0) is 14.1. The molecule has 1 fully saturated rings. The van der Waals surface area contributed by atoms with Gasteiger partial charge in [0.15, 0.2) is 0 Å². The van der Waals surface area contributed by atoms with Crippen LogP contribution in [-0.2, 0) is 6.54 Å². The maximum absolute atomic E-state index is 6.23. The molecule has 3 rings (SSSR count). The van der Waals surface area contributed by atoms with Gasteiger partial charge in [-0.1, -0.05) is 6.07 Å². The van der Waals surface area contributed by atoms with Crippen LogP contribution in [0.5, 0.6) is 5.75 Å². The molecule has 1 aromatic carbocycles. The van der Waals surface area contributed by atoms with Crippen molar-refractivity contribution >= 4 is 15.9 Å². The fraction of sp³-hybridized carbons (Fsp3) is 0.375. The summed E-state index contributed by atoms with van der Waals surface area (Å²) in [6.07, 6.45) is 6.83. The molecule has 20 heavy (non-hydrogen) atoms. The average molecular weight is 335 g/mol. The molecule has 0 bridgehead atoms. The van der Waals surface area contributed by atoms with Crippen LogP contribution in [0, 0.1) is 5.92 Å². The van der Waals surface area contributed by atoms with Crippen molar-refractivity contribution in [2.24, 2.45) is 11.7 Å². The van der Waals surface area contributed by atoms with Crippen LogP contribution in [0.25, 0.3) is 0 Å². The summed E-state index contributed by atoms with van der Waals surface area (Å²) in [6, 6.07) is 8.52. The normalized spacial score (nSPS) is 16.1. The Hall–Kier alpha value is -1.26. The summed E-state index contributed by atoms with van der Waals surface area (Å²) in [5.41, 5.74) is 8.72. The Kier molecular flexibility index (Phi) is 3.85. The Morgan fingerprint density at radius 3 is 2.85 bits per heavy atom. The highest BCUT2D eigenvalue weighted by Gasteiger charge is 2.29. The number of nitrogens with zero attached hydrogens (tertiary/aromatic N) is 1. The van der Waals surface area contributed by atoms with E-state index in [4.69, 9.17) is 10.5 Å². The topological polar surface area (TPSA) is 40.2 Å². The summed E-state index contributed by atoms with van der Waals surface area (Å²) in [5.74, 6) is 1.55. The number of methoxy groups -OCH3 is 1. The van der Waals surface area contributed by atoms with Crippen LogP contribution in [0.2, 0.25) is 0 Å². The van der Waals surface area contributed by atoms with Crippen molar-refractivity contribution in [2.45, 2.75) is 25.4 Å². The second kappa shape index (κ2) is 5.62. The smallest absolute Gasteiger partial charge is 0.133 e. The number of nitrogens with two attached hydrogens (primary N) is 1. The molecule has 1 unspecified atom stereocenters. The van der Waals surface area contributed by atoms with E-state index in [2.05, 4.69) is 51.1 Å². The van der Waals surface area contributed by atoms with E-state index in [9.17, 15) is 0 Å². The first-order valence-electron chi connectivity index (χ1n) is 6.91. The van der Waals surface area contributed by atoms with Crippen molar-refractivity contribution in [3.8, 4) is 5.75 Å². The Morgan fingerprint density at radius 1 is 1.40 bits per heavy atom. The maximum Gasteiger partial charge on any atom is 0.133 e. The first-order valence-corrected chi connectivity index (χ1v) is 7.70. The van der Waals surface area contributed by atoms with Gasteiger partial charge in [0.1, 0.15) is 5.75 Å². The molecule has 1 saturated carbocycles. The van der Waals surface area contributed by atoms with Gasteiger partial charge >= 0.3 is 0 Å². The largest absolute Gasteiger partial charge is 0.496 e. The van der Waals surface area contributed by atoms with E-state index >= 15 is 0 Å². The predicted molar refractivity (Wildman–Crippen MR) is 83.9 cm³/mol. The number of hydrogen-bond donors (Lipinski definition) is 1. The van der Waals surface area contributed by atoms with E-state index in [1.165, 1.54) is 24.0 Å². The average Bonchev–Trinajstić information content (AvgIpc) is 3.19. The van der Waals surface area contributed by atoms with Crippen LogP contribution >= 0.6 is 15.9 Å². The van der Waals surface area contributed by atoms with Crippen molar-refractivity contribution in [1.29, 1.82) is 0 Å². The number of rotatable bonds is 5. The predicted octanol–water partition coefficient (Wildman–Crippen LogP) is 3.72. The number of halogens is 1. The van der Waals surface area contributed by atoms with Gasteiger partial charge in [-0.2, -0.15) is 0 Å². The highest BCUT2D eigenvalue weighted by atomic mass is 79.9. The molecule has 3 nitrogen and oxygen atoms in total. The molecule has 0 amide bonds. The lowest BCUT2D eigenvalue weighted by molar-refractivity contribution is 0.412. The number of hydrogen-bond acceptors (Lipinski definition) is 2. The van der Waals surface area contributed by atoms with Crippen LogP contribution in [0.4, 0.5) is 0 Å². The van der Waals surface area contributed by atoms with Crippen molar-refractivity contribution in [3.63, 3.8) is 0 Å². The third kappa shape index (κ3) is 2.91. The van der Waals surface area contributed by atoms with E-state index in [1.54, 1.807) is 7.11 Å². The van der Waals surface area contributed by atoms with Gasteiger partial charge in [0.05, 0.1) is 11.6 Å². The van der Waals surface area contributed by atoms with Crippen molar-refractivity contribution in [3.05, 3.63) is 52.3 Å². The minimum absolute atomic E-state index is 0.207. The third-order valence-corrected chi connectivity index (χ3v) is 4.49. The molecule has 0 radical (unpaired) electrons. The molecule has 1 atom stereocenters. The molecule has 1 aromatic heterocycles. The van der Waals surface area contributed by atoms with E-state index in [-0.39, 0.29) is 6.04 Å². The van der Waals surface area contributed by atoms with Crippen molar-refractivity contribution < 1.29 is 4.74 Å². The second-order valence-electron chi connectivity index (χ2n) is 5.45. The minimum Gasteiger partial charge on any atom is -0.496 e. The standard InChI is InChI=1S/C16H19BrN2O/c1-20-15-5-2-11(8-14(15)17)9-19-7-6-13(10-19)16(18)12-3-4-12/h2,5-8,10,12,16H,3-4,9,18H2,1H3. The van der Waals surface area contributed by atoms with Gasteiger partial charge in [0.25, 0.3) is 0 Å². The first kappa shape index (κ1) is 13.7. The van der Waals surface area contributed by atoms with Crippen LogP contribution in [0.1, 0.15) is 30.0 Å². The van der Waals surface area contributed by atoms with Crippen LogP contribution in [0.15, 0.2) is 41.1 Å². The molecular formula is C16H19BrN2O. The molecule has 1 aliphatic rings. The molecule has 0 aliphatic heterocycles. The van der Waals surface area contributed by atoms with Crippen LogP contribution in [-0.4, -0.2) is 11.7 Å². The van der Waals surface area contributed by atoms with Crippen LogP contribution in [0.3, 0.4) is 0 Å². The molecule has 0 spiro atoms. The summed E-state index contributed by atoms with van der Waals surface area (Å²) in [6.45, 7) is 0.847. The summed E-state index contributed by atoms with van der Waals surface area (Å²) >= 11 is 3.52. The van der Waals surface area contributed by atoms with Crippen molar-refractivity contribution in [1.82, 2.24) is 4.57 Å². The van der Waals surface area contributed by atoms with Gasteiger partial charge in [0, 0.05) is 25.0 Å². The number of benzene rings is 1. The zero-order valence-electron chi connectivity index (χ0n) is 11.6. The lowest BCUT2D eigenvalue weighted by Gasteiger charge is -2.09. The molecular weight excluding hydrogens is 316 g/mol. The fourth-order valence-electron chi connectivity index (χ4n) is 2.50. The van der Waals surface area contributed by atoms with Gasteiger partial charge in [-0.05, 0) is 64.0 Å². The Balaban J connectivity index is 1.72. The highest BCUT2D eigenvalue weighted by Crippen LogP contribution is 2.39. The summed E-state index contributed by atoms with van der Waals surface area (Å²) in [7, 11) is 1.68. The quantitative estimate of drug-likeness (QED) is 0.905. The SMILES string of the molecule is COc1ccc(Cn2ccc(C(N)C3CC3)c2)cc1Br. The third-order valence-electron chi connectivity index (χ3n) is 3.87. The van der Waals surface area contributed by atoms with Gasteiger partial charge in [0.2, 0.25) is 0 Å². The van der Waals surface area contributed by atoms with E-state index < -0.39 is 0 Å². The van der Waals surface area contributed by atoms with Crippen molar-refractivity contribution in [2.75, 3.05) is 7.11 Å². The van der Waals surface area contributed by atoms with E-state index in [0.717, 1.165) is 16.8 Å². The number of aromatic nitrogens is 1. The summed E-state index contributed by atoms with van der Waals surface area (Å²) < 4.78 is 8.42. The van der Waals surface area contributed by atoms with E-state index in [0.29, 0.717) is 5.92 Å². The number of ether oxygens (including phenoxy) is 1. The van der Waals surface area contributed by atoms with Gasteiger partial charge in [-0.3, -0.25) is 0 Å². The Labute approximate surface area is 127 Å². The monoisotopic (exact) mass is 334 g/mol. The van der Waals surface area contributed by atoms with Gasteiger partial charge in [-0.25, -0.2) is 0 Å². The first-order chi connectivity index (χ1) is 9.67. The molecule has 106 valence electrons. The molecule has 2 N–H and O–H groups in total. The molecule has 1 heterocycles. The van der Waals surface area contributed by atoms with E-state index in [1.807, 2.05) is 6.07 Å². The van der Waals surface area contributed by atoms with Crippen LogP contribution < -0.4 is 10.5 Å². The molecule has 1 aliphatic carbocycles. The summed E-state index contributed by atoms with van der Waals surface area (Å²) in [4.78, 5) is 0. The lowest BCUT2D eigenvalue weighted by atomic mass is 10.1. The zero-order valence-corrected chi connectivity index (χ0v) is 13.1. The Bertz CT molecular complexity index is 604. The summed E-state index contributed by atoms with van der Waals surface area (Å²) in [5, 5.41) is 0.